The van der Waals surface area contributed by atoms with Gasteiger partial charge in [-0.1, -0.05) is 30.0 Å². The van der Waals surface area contributed by atoms with Crippen LogP contribution in [0.4, 0.5) is 4.39 Å². The van der Waals surface area contributed by atoms with Crippen molar-refractivity contribution in [1.82, 2.24) is 4.90 Å². The number of nitrogens with zero attached hydrogens (tertiary/aromatic N) is 1. The third kappa shape index (κ3) is 3.64. The largest absolute Gasteiger partial charge is 0.375 e. The summed E-state index contributed by atoms with van der Waals surface area (Å²) in [6, 6.07) is 15.8. The van der Waals surface area contributed by atoms with Crippen LogP contribution in [-0.2, 0) is 11.3 Å². The molecule has 2 aliphatic heterocycles. The molecule has 0 saturated carbocycles. The van der Waals surface area contributed by atoms with Crippen LogP contribution in [0.15, 0.2) is 58.3 Å². The Hall–Kier alpha value is -1.66. The maximum atomic E-state index is 14.0. The Balaban J connectivity index is 1.43. The fraction of sp³-hybridized carbons (Fsp3) is 0.304. The third-order valence-corrected chi connectivity index (χ3v) is 7.66. The van der Waals surface area contributed by atoms with Crippen LogP contribution < -0.4 is 0 Å². The smallest absolute Gasteiger partial charge is 0.123 e. The second kappa shape index (κ2) is 7.99. The Bertz CT molecular complexity index is 994. The summed E-state index contributed by atoms with van der Waals surface area (Å²) in [5, 5.41) is 0. The first-order valence-electron chi connectivity index (χ1n) is 9.78. The van der Waals surface area contributed by atoms with Gasteiger partial charge in [0, 0.05) is 37.2 Å². The van der Waals surface area contributed by atoms with Gasteiger partial charge in [-0.05, 0) is 61.8 Å². The first-order valence-corrected chi connectivity index (χ1v) is 11.4. The lowest BCUT2D eigenvalue weighted by Gasteiger charge is -2.13. The fourth-order valence-corrected chi connectivity index (χ4v) is 6.23. The van der Waals surface area contributed by atoms with Crippen molar-refractivity contribution in [2.24, 2.45) is 0 Å². The minimum Gasteiger partial charge on any atom is -0.375 e. The molecule has 2 aliphatic rings. The van der Waals surface area contributed by atoms with E-state index in [4.69, 9.17) is 4.74 Å². The average Bonchev–Trinajstić information content (AvgIpc) is 3.35. The highest BCUT2D eigenvalue weighted by Gasteiger charge is 2.23. The average molecular weight is 412 g/mol. The van der Waals surface area contributed by atoms with Crippen LogP contribution in [0.25, 0.3) is 21.6 Å². The molecule has 3 heterocycles. The van der Waals surface area contributed by atoms with Crippen LogP contribution in [0.2, 0.25) is 0 Å². The number of hydrogen-bond donors (Lipinski definition) is 0. The van der Waals surface area contributed by atoms with E-state index in [1.165, 1.54) is 46.8 Å². The van der Waals surface area contributed by atoms with Crippen LogP contribution in [0.5, 0.6) is 0 Å². The molecule has 0 atom stereocenters. The summed E-state index contributed by atoms with van der Waals surface area (Å²) in [7, 11) is 0. The van der Waals surface area contributed by atoms with Crippen molar-refractivity contribution in [2.45, 2.75) is 29.2 Å². The summed E-state index contributed by atoms with van der Waals surface area (Å²) < 4.78 is 20.0. The first-order chi connectivity index (χ1) is 13.8. The Labute approximate surface area is 173 Å². The van der Waals surface area contributed by atoms with Gasteiger partial charge in [-0.25, -0.2) is 4.39 Å². The molecular weight excluding hydrogens is 389 g/mol. The molecule has 1 aromatic heterocycles. The van der Waals surface area contributed by atoms with Crippen molar-refractivity contribution in [3.63, 3.8) is 0 Å². The van der Waals surface area contributed by atoms with Gasteiger partial charge in [0.15, 0.2) is 0 Å². The molecule has 5 heteroatoms. The lowest BCUT2D eigenvalue weighted by Crippen LogP contribution is -2.23. The van der Waals surface area contributed by atoms with E-state index in [0.717, 1.165) is 28.5 Å². The summed E-state index contributed by atoms with van der Waals surface area (Å²) in [6.45, 7) is 4.80. The molecule has 144 valence electrons. The van der Waals surface area contributed by atoms with E-state index in [2.05, 4.69) is 35.2 Å². The number of likely N-dealkylation sites (tertiary alicyclic amines) is 1. The van der Waals surface area contributed by atoms with Gasteiger partial charge in [0.25, 0.3) is 0 Å². The zero-order chi connectivity index (χ0) is 18.9. The van der Waals surface area contributed by atoms with Gasteiger partial charge >= 0.3 is 0 Å². The maximum Gasteiger partial charge on any atom is 0.123 e. The number of ether oxygens (including phenoxy) is 1. The van der Waals surface area contributed by atoms with Gasteiger partial charge in [0.05, 0.1) is 13.2 Å². The number of fused-ring (bicyclic) bond motifs is 5. The Morgan fingerprint density at radius 1 is 0.929 bits per heavy atom. The highest BCUT2D eigenvalue weighted by molar-refractivity contribution is 7.99. The summed E-state index contributed by atoms with van der Waals surface area (Å²) in [4.78, 5) is 7.13. The summed E-state index contributed by atoms with van der Waals surface area (Å²) in [5.74, 6) is -0.187. The van der Waals surface area contributed by atoms with E-state index in [1.807, 2.05) is 6.07 Å². The van der Waals surface area contributed by atoms with Crippen LogP contribution in [0, 0.1) is 5.82 Å². The highest BCUT2D eigenvalue weighted by Crippen LogP contribution is 2.51. The lowest BCUT2D eigenvalue weighted by atomic mass is 10.0. The van der Waals surface area contributed by atoms with Crippen molar-refractivity contribution >= 4 is 23.1 Å². The van der Waals surface area contributed by atoms with Gasteiger partial charge in [0.1, 0.15) is 5.82 Å². The molecule has 0 N–H and O–H groups in total. The number of thiophene rings is 1. The van der Waals surface area contributed by atoms with Crippen molar-refractivity contribution in [2.75, 3.05) is 26.2 Å². The van der Waals surface area contributed by atoms with Crippen molar-refractivity contribution in [1.29, 1.82) is 0 Å². The van der Waals surface area contributed by atoms with Crippen LogP contribution >= 0.6 is 23.1 Å². The van der Waals surface area contributed by atoms with E-state index < -0.39 is 0 Å². The van der Waals surface area contributed by atoms with Gasteiger partial charge in [-0.3, -0.25) is 0 Å². The van der Waals surface area contributed by atoms with Crippen LogP contribution in [0.3, 0.4) is 0 Å². The number of halogens is 1. The maximum absolute atomic E-state index is 14.0. The molecule has 28 heavy (non-hydrogen) atoms. The van der Waals surface area contributed by atoms with Gasteiger partial charge in [0.2, 0.25) is 0 Å². The molecule has 0 spiro atoms. The molecule has 1 fully saturated rings. The van der Waals surface area contributed by atoms with E-state index >= 15 is 0 Å². The fourth-order valence-electron chi connectivity index (χ4n) is 3.95. The first kappa shape index (κ1) is 18.4. The molecule has 5 rings (SSSR count). The molecule has 2 nitrogen and oxygen atoms in total. The van der Waals surface area contributed by atoms with E-state index in [0.29, 0.717) is 6.61 Å². The summed E-state index contributed by atoms with van der Waals surface area (Å²) >= 11 is 3.45. The molecule has 2 aromatic carbocycles. The van der Waals surface area contributed by atoms with Gasteiger partial charge < -0.3 is 9.64 Å². The number of benzene rings is 2. The third-order valence-electron chi connectivity index (χ3n) is 5.36. The zero-order valence-corrected chi connectivity index (χ0v) is 17.3. The highest BCUT2D eigenvalue weighted by atomic mass is 32.2. The van der Waals surface area contributed by atoms with E-state index in [-0.39, 0.29) is 5.82 Å². The van der Waals surface area contributed by atoms with Crippen molar-refractivity contribution < 1.29 is 9.13 Å². The van der Waals surface area contributed by atoms with E-state index in [9.17, 15) is 4.39 Å². The molecule has 0 aliphatic carbocycles. The molecule has 0 amide bonds. The van der Waals surface area contributed by atoms with Crippen LogP contribution in [0.1, 0.15) is 17.7 Å². The second-order valence-electron chi connectivity index (χ2n) is 7.30. The molecule has 0 bridgehead atoms. The molecule has 3 aromatic rings. The van der Waals surface area contributed by atoms with Crippen molar-refractivity contribution in [3.8, 4) is 21.6 Å². The number of rotatable bonds is 5. The SMILES string of the molecule is Fc1ccc2c(c1)-c1sc(COCCN3CCCC3)cc1-c1ccccc1S2. The lowest BCUT2D eigenvalue weighted by molar-refractivity contribution is 0.101. The second-order valence-corrected chi connectivity index (χ2v) is 9.52. The molecule has 1 saturated heterocycles. The van der Waals surface area contributed by atoms with Crippen molar-refractivity contribution in [3.05, 3.63) is 59.2 Å². The topological polar surface area (TPSA) is 12.5 Å². The standard InChI is InChI=1S/C23H22FNOS2/c24-16-7-8-22-20(13-16)23-19(18-5-1-2-6-21(18)28-22)14-17(27-23)15-26-12-11-25-9-3-4-10-25/h1-2,5-8,13-14H,3-4,9-12,15H2. The van der Waals surface area contributed by atoms with Crippen LogP contribution in [-0.4, -0.2) is 31.1 Å². The summed E-state index contributed by atoms with van der Waals surface area (Å²) in [6.07, 6.45) is 2.62. The Morgan fingerprint density at radius 3 is 2.64 bits per heavy atom. The van der Waals surface area contributed by atoms with Gasteiger partial charge in [-0.15, -0.1) is 11.3 Å². The van der Waals surface area contributed by atoms with Gasteiger partial charge in [-0.2, -0.15) is 0 Å². The Kier molecular flexibility index (Phi) is 5.24. The number of hydrogen-bond acceptors (Lipinski definition) is 4. The predicted octanol–water partition coefficient (Wildman–Crippen LogP) is 6.30. The quantitative estimate of drug-likeness (QED) is 0.358. The molecule has 0 unspecified atom stereocenters. The monoisotopic (exact) mass is 411 g/mol. The minimum atomic E-state index is -0.187. The Morgan fingerprint density at radius 2 is 1.75 bits per heavy atom. The molecular formula is C23H22FNOS2. The summed E-state index contributed by atoms with van der Waals surface area (Å²) in [5.41, 5.74) is 3.40. The molecule has 0 radical (unpaired) electrons. The normalized spacial score (nSPS) is 15.8. The minimum absolute atomic E-state index is 0.187. The predicted molar refractivity (Wildman–Crippen MR) is 115 cm³/mol. The van der Waals surface area contributed by atoms with E-state index in [1.54, 1.807) is 35.2 Å². The zero-order valence-electron chi connectivity index (χ0n) is 15.6.